The van der Waals surface area contributed by atoms with E-state index in [9.17, 15) is 27.7 Å². The highest BCUT2D eigenvalue weighted by Crippen LogP contribution is 2.31. The van der Waals surface area contributed by atoms with Gasteiger partial charge in [-0.25, -0.2) is 12.8 Å². The van der Waals surface area contributed by atoms with Crippen LogP contribution in [0.1, 0.15) is 24.1 Å². The number of unbranched alkanes of at least 4 members (excludes halogenated alkanes) is 1. The number of aromatic nitrogens is 1. The van der Waals surface area contributed by atoms with Crippen LogP contribution in [-0.2, 0) is 30.6 Å². The summed E-state index contributed by atoms with van der Waals surface area (Å²) in [7, 11) is -3.36. The van der Waals surface area contributed by atoms with Crippen LogP contribution in [-0.4, -0.2) is 43.5 Å². The molecule has 0 aliphatic heterocycles. The van der Waals surface area contributed by atoms with Gasteiger partial charge in [-0.15, -0.1) is 10.1 Å². The summed E-state index contributed by atoms with van der Waals surface area (Å²) in [6, 6.07) is 14.1. The number of benzene rings is 2. The molecule has 3 rings (SSSR count). The molecule has 0 atom stereocenters. The minimum atomic E-state index is -3.36. The van der Waals surface area contributed by atoms with Crippen LogP contribution in [0, 0.1) is 22.9 Å². The number of halogens is 1. The number of rotatable bonds is 11. The van der Waals surface area contributed by atoms with Crippen LogP contribution < -0.4 is 0 Å². The summed E-state index contributed by atoms with van der Waals surface area (Å²) in [5.41, 5.74) is 3.54. The molecule has 186 valence electrons. The van der Waals surface area contributed by atoms with Gasteiger partial charge in [0.1, 0.15) is 5.82 Å². The van der Waals surface area contributed by atoms with Gasteiger partial charge in [0.15, 0.2) is 9.84 Å². The van der Waals surface area contributed by atoms with Gasteiger partial charge in [0.2, 0.25) is 0 Å². The average molecular weight is 505 g/mol. The zero-order valence-corrected chi connectivity index (χ0v) is 20.1. The quantitative estimate of drug-likeness (QED) is 0.167. The molecule has 0 amide bonds. The van der Waals surface area contributed by atoms with Gasteiger partial charge in [-0.2, -0.15) is 0 Å². The number of esters is 1. The first-order valence-electron chi connectivity index (χ1n) is 10.8. The first-order chi connectivity index (χ1) is 16.6. The number of sulfone groups is 1. The van der Waals surface area contributed by atoms with E-state index in [2.05, 4.69) is 4.84 Å². The van der Waals surface area contributed by atoms with E-state index >= 15 is 0 Å². The fourth-order valence-corrected chi connectivity index (χ4v) is 4.21. The zero-order valence-electron chi connectivity index (χ0n) is 19.3. The second-order valence-electron chi connectivity index (χ2n) is 7.91. The predicted molar refractivity (Wildman–Crippen MR) is 126 cm³/mol. The van der Waals surface area contributed by atoms with Crippen LogP contribution in [0.15, 0.2) is 59.5 Å². The van der Waals surface area contributed by atoms with Crippen molar-refractivity contribution >= 4 is 15.8 Å². The summed E-state index contributed by atoms with van der Waals surface area (Å²) < 4.78 is 44.3. The van der Waals surface area contributed by atoms with Crippen molar-refractivity contribution in [3.63, 3.8) is 0 Å². The summed E-state index contributed by atoms with van der Waals surface area (Å²) in [6.45, 7) is 1.87. The lowest BCUT2D eigenvalue weighted by Crippen LogP contribution is -2.11. The normalized spacial score (nSPS) is 11.3. The Balaban J connectivity index is 1.83. The number of nitrogens with zero attached hydrogens (tertiary/aromatic N) is 2. The summed E-state index contributed by atoms with van der Waals surface area (Å²) in [5, 5.41) is 9.27. The summed E-state index contributed by atoms with van der Waals surface area (Å²) in [4.78, 5) is 27.0. The molecule has 0 aliphatic carbocycles. The molecule has 0 unspecified atom stereocenters. The van der Waals surface area contributed by atoms with Gasteiger partial charge in [-0.3, -0.25) is 4.79 Å². The minimum absolute atomic E-state index is 0.0140. The number of hydrogen-bond donors (Lipinski definition) is 0. The van der Waals surface area contributed by atoms with Gasteiger partial charge in [0, 0.05) is 17.6 Å². The SMILES string of the molecule is Cc1c(CC(=O)OCCCCO[N+](=O)[O-])cc(-c2ccc(S(C)(=O)=O)cc2)n1-c1ccc(F)cc1. The predicted octanol–water partition coefficient (Wildman–Crippen LogP) is 4.07. The third kappa shape index (κ3) is 6.89. The Morgan fingerprint density at radius 2 is 1.69 bits per heavy atom. The third-order valence-electron chi connectivity index (χ3n) is 5.35. The van der Waals surface area contributed by atoms with Crippen LogP contribution in [0.4, 0.5) is 4.39 Å². The maximum absolute atomic E-state index is 13.5. The van der Waals surface area contributed by atoms with Crippen LogP contribution >= 0.6 is 0 Å². The molecule has 0 radical (unpaired) electrons. The molecule has 0 bridgehead atoms. The zero-order chi connectivity index (χ0) is 25.6. The minimum Gasteiger partial charge on any atom is -0.465 e. The highest BCUT2D eigenvalue weighted by atomic mass is 32.2. The van der Waals surface area contributed by atoms with E-state index in [-0.39, 0.29) is 30.3 Å². The highest BCUT2D eigenvalue weighted by molar-refractivity contribution is 7.90. The molecule has 0 saturated carbocycles. The fraction of sp³-hybridized carbons (Fsp3) is 0.292. The van der Waals surface area contributed by atoms with Crippen LogP contribution in [0.2, 0.25) is 0 Å². The Labute approximate surface area is 202 Å². The second kappa shape index (κ2) is 11.1. The number of ether oxygens (including phenoxy) is 1. The standard InChI is InChI=1S/C24H25FN2O7S/c1-17-19(16-24(28)33-13-3-4-14-34-27(29)30)15-23(26(17)21-9-7-20(25)8-10-21)18-5-11-22(12-6-18)35(2,31)32/h5-12,15H,3-4,13-14,16H2,1-2H3. The monoisotopic (exact) mass is 504 g/mol. The van der Waals surface area contributed by atoms with Gasteiger partial charge >= 0.3 is 5.97 Å². The van der Waals surface area contributed by atoms with Crippen molar-refractivity contribution in [3.8, 4) is 16.9 Å². The van der Waals surface area contributed by atoms with Gasteiger partial charge in [-0.1, -0.05) is 12.1 Å². The Morgan fingerprint density at radius 3 is 2.29 bits per heavy atom. The first-order valence-corrected chi connectivity index (χ1v) is 12.7. The molecular formula is C24H25FN2O7S. The van der Waals surface area contributed by atoms with Crippen molar-refractivity contribution in [1.29, 1.82) is 0 Å². The molecule has 3 aromatic rings. The van der Waals surface area contributed by atoms with E-state index in [0.717, 1.165) is 17.5 Å². The molecule has 1 heterocycles. The van der Waals surface area contributed by atoms with Crippen molar-refractivity contribution in [2.45, 2.75) is 31.1 Å². The van der Waals surface area contributed by atoms with Gasteiger partial charge < -0.3 is 14.1 Å². The Hall–Kier alpha value is -3.73. The van der Waals surface area contributed by atoms with E-state index < -0.39 is 20.9 Å². The third-order valence-corrected chi connectivity index (χ3v) is 6.48. The maximum Gasteiger partial charge on any atom is 0.310 e. The van der Waals surface area contributed by atoms with Crippen molar-refractivity contribution in [3.05, 3.63) is 81.8 Å². The molecule has 11 heteroatoms. The van der Waals surface area contributed by atoms with E-state index in [1.807, 2.05) is 17.6 Å². The number of hydrogen-bond acceptors (Lipinski definition) is 7. The molecule has 35 heavy (non-hydrogen) atoms. The maximum atomic E-state index is 13.5. The second-order valence-corrected chi connectivity index (χ2v) is 9.93. The summed E-state index contributed by atoms with van der Waals surface area (Å²) >= 11 is 0. The van der Waals surface area contributed by atoms with E-state index in [1.54, 1.807) is 24.3 Å². The van der Waals surface area contributed by atoms with Gasteiger partial charge in [0.25, 0.3) is 5.09 Å². The van der Waals surface area contributed by atoms with Crippen LogP contribution in [0.25, 0.3) is 16.9 Å². The van der Waals surface area contributed by atoms with E-state index in [4.69, 9.17) is 4.74 Å². The van der Waals surface area contributed by atoms with Crippen molar-refractivity contribution in [2.24, 2.45) is 0 Å². The van der Waals surface area contributed by atoms with Gasteiger partial charge in [-0.05, 0) is 73.4 Å². The average Bonchev–Trinajstić information content (AvgIpc) is 3.12. The van der Waals surface area contributed by atoms with Crippen LogP contribution in [0.3, 0.4) is 0 Å². The van der Waals surface area contributed by atoms with Crippen LogP contribution in [0.5, 0.6) is 0 Å². The lowest BCUT2D eigenvalue weighted by Gasteiger charge is -2.13. The molecule has 1 aromatic heterocycles. The van der Waals surface area contributed by atoms with Crippen molar-refractivity contribution in [2.75, 3.05) is 19.5 Å². The molecule has 0 fully saturated rings. The molecule has 0 aliphatic rings. The fourth-order valence-electron chi connectivity index (χ4n) is 3.58. The molecular weight excluding hydrogens is 479 g/mol. The van der Waals surface area contributed by atoms with Crippen molar-refractivity contribution < 1.29 is 32.3 Å². The Morgan fingerprint density at radius 1 is 1.06 bits per heavy atom. The smallest absolute Gasteiger partial charge is 0.310 e. The number of carbonyl (C=O) groups excluding carboxylic acids is 1. The Kier molecular flexibility index (Phi) is 8.23. The Bertz CT molecular complexity index is 1300. The number of carbonyl (C=O) groups is 1. The van der Waals surface area contributed by atoms with E-state index in [0.29, 0.717) is 29.8 Å². The summed E-state index contributed by atoms with van der Waals surface area (Å²) in [6.07, 6.45) is 1.92. The molecule has 9 nitrogen and oxygen atoms in total. The topological polar surface area (TPSA) is 118 Å². The molecule has 0 N–H and O–H groups in total. The highest BCUT2D eigenvalue weighted by Gasteiger charge is 2.18. The van der Waals surface area contributed by atoms with Crippen molar-refractivity contribution in [1.82, 2.24) is 4.57 Å². The summed E-state index contributed by atoms with van der Waals surface area (Å²) in [5.74, 6) is -0.844. The molecule has 0 saturated heterocycles. The molecule has 2 aromatic carbocycles. The lowest BCUT2D eigenvalue weighted by molar-refractivity contribution is -0.757. The van der Waals surface area contributed by atoms with E-state index in [1.165, 1.54) is 24.3 Å². The lowest BCUT2D eigenvalue weighted by atomic mass is 10.1. The largest absolute Gasteiger partial charge is 0.465 e. The van der Waals surface area contributed by atoms with Gasteiger partial charge in [0.05, 0.1) is 30.2 Å². The molecule has 0 spiro atoms. The first kappa shape index (κ1) is 25.9.